The number of aromatic nitrogens is 2. The van der Waals surface area contributed by atoms with Crippen molar-refractivity contribution in [3.8, 4) is 0 Å². The second-order valence-corrected chi connectivity index (χ2v) is 5.05. The summed E-state index contributed by atoms with van der Waals surface area (Å²) in [6.07, 6.45) is 10.9. The summed E-state index contributed by atoms with van der Waals surface area (Å²) < 4.78 is 0. The van der Waals surface area contributed by atoms with Gasteiger partial charge in [-0.3, -0.25) is 4.79 Å². The molecule has 0 unspecified atom stereocenters. The maximum absolute atomic E-state index is 10.8. The van der Waals surface area contributed by atoms with Crippen LogP contribution in [-0.2, 0) is 4.79 Å². The first-order valence-corrected chi connectivity index (χ1v) is 6.81. The fraction of sp³-hybridized carbons (Fsp3) is 0.643. The Hall–Kier alpha value is -1.45. The minimum absolute atomic E-state index is 0.182. The van der Waals surface area contributed by atoms with E-state index in [0.29, 0.717) is 24.8 Å². The number of hydrogen-bond acceptors (Lipinski definition) is 4. The lowest BCUT2D eigenvalue weighted by molar-refractivity contribution is -0.116. The van der Waals surface area contributed by atoms with Crippen LogP contribution in [0.4, 0.5) is 5.95 Å². The van der Waals surface area contributed by atoms with Gasteiger partial charge in [-0.1, -0.05) is 19.3 Å². The quantitative estimate of drug-likeness (QED) is 0.869. The van der Waals surface area contributed by atoms with E-state index in [-0.39, 0.29) is 5.78 Å². The molecule has 0 aliphatic heterocycles. The van der Waals surface area contributed by atoms with Gasteiger partial charge in [-0.2, -0.15) is 0 Å². The molecule has 18 heavy (non-hydrogen) atoms. The van der Waals surface area contributed by atoms with Gasteiger partial charge in [-0.15, -0.1) is 0 Å². The Morgan fingerprint density at radius 2 is 1.94 bits per heavy atom. The third-order valence-electron chi connectivity index (χ3n) is 3.51. The molecule has 1 aromatic rings. The number of nitrogens with zero attached hydrogens (tertiary/aromatic N) is 2. The first-order valence-electron chi connectivity index (χ1n) is 6.81. The zero-order valence-corrected chi connectivity index (χ0v) is 11.0. The minimum atomic E-state index is 0.182. The molecular formula is C14H21N3O. The van der Waals surface area contributed by atoms with Crippen molar-refractivity contribution in [1.82, 2.24) is 9.97 Å². The summed E-state index contributed by atoms with van der Waals surface area (Å²) in [7, 11) is 0. The van der Waals surface area contributed by atoms with E-state index in [9.17, 15) is 4.79 Å². The van der Waals surface area contributed by atoms with Crippen LogP contribution in [0.15, 0.2) is 12.4 Å². The number of carbonyl (C=O) groups excluding carboxylic acids is 1. The molecule has 0 saturated heterocycles. The number of hydrogen-bond donors (Lipinski definition) is 1. The second kappa shape index (κ2) is 6.47. The molecule has 0 spiro atoms. The molecular weight excluding hydrogens is 226 g/mol. The average Bonchev–Trinajstić information content (AvgIpc) is 2.40. The van der Waals surface area contributed by atoms with Crippen molar-refractivity contribution in [3.05, 3.63) is 18.0 Å². The van der Waals surface area contributed by atoms with Crippen LogP contribution in [0, 0.1) is 0 Å². The molecule has 1 fully saturated rings. The first-order chi connectivity index (χ1) is 8.75. The van der Waals surface area contributed by atoms with E-state index in [0.717, 1.165) is 0 Å². The summed E-state index contributed by atoms with van der Waals surface area (Å²) in [5.41, 5.74) is 1.26. The van der Waals surface area contributed by atoms with Gasteiger partial charge in [-0.05, 0) is 31.2 Å². The normalized spacial score (nSPS) is 16.5. The minimum Gasteiger partial charge on any atom is -0.354 e. The zero-order chi connectivity index (χ0) is 12.8. The van der Waals surface area contributed by atoms with Crippen LogP contribution in [0.5, 0.6) is 0 Å². The second-order valence-electron chi connectivity index (χ2n) is 5.05. The standard InChI is InChI=1S/C14H21N3O/c1-11(18)7-8-15-14-16-9-13(10-17-14)12-5-3-2-4-6-12/h9-10,12H,2-8H2,1H3,(H,15,16,17). The van der Waals surface area contributed by atoms with E-state index in [1.54, 1.807) is 6.92 Å². The number of Topliss-reactive ketones (excluding diaryl/α,β-unsaturated/α-hetero) is 1. The summed E-state index contributed by atoms with van der Waals surface area (Å²) >= 11 is 0. The fourth-order valence-electron chi connectivity index (χ4n) is 2.43. The maximum Gasteiger partial charge on any atom is 0.222 e. The molecule has 2 rings (SSSR count). The van der Waals surface area contributed by atoms with Crippen molar-refractivity contribution in [2.75, 3.05) is 11.9 Å². The highest BCUT2D eigenvalue weighted by Gasteiger charge is 2.15. The Balaban J connectivity index is 1.86. The highest BCUT2D eigenvalue weighted by molar-refractivity contribution is 5.75. The van der Waals surface area contributed by atoms with E-state index in [1.807, 2.05) is 12.4 Å². The SMILES string of the molecule is CC(=O)CCNc1ncc(C2CCCCC2)cn1. The monoisotopic (exact) mass is 247 g/mol. The van der Waals surface area contributed by atoms with Crippen molar-refractivity contribution in [3.63, 3.8) is 0 Å². The Bertz CT molecular complexity index is 383. The molecule has 0 atom stereocenters. The Morgan fingerprint density at radius 3 is 2.56 bits per heavy atom. The van der Waals surface area contributed by atoms with Crippen LogP contribution in [-0.4, -0.2) is 22.3 Å². The molecule has 4 nitrogen and oxygen atoms in total. The summed E-state index contributed by atoms with van der Waals surface area (Å²) in [6.45, 7) is 2.20. The third kappa shape index (κ3) is 3.79. The van der Waals surface area contributed by atoms with E-state index >= 15 is 0 Å². The molecule has 0 amide bonds. The predicted octanol–water partition coefficient (Wildman–Crippen LogP) is 2.92. The largest absolute Gasteiger partial charge is 0.354 e. The molecule has 1 heterocycles. The zero-order valence-electron chi connectivity index (χ0n) is 11.0. The van der Waals surface area contributed by atoms with E-state index in [4.69, 9.17) is 0 Å². The highest BCUT2D eigenvalue weighted by atomic mass is 16.1. The van der Waals surface area contributed by atoms with Gasteiger partial charge in [0.25, 0.3) is 0 Å². The molecule has 1 aromatic heterocycles. The van der Waals surface area contributed by atoms with Crippen LogP contribution >= 0.6 is 0 Å². The molecule has 1 saturated carbocycles. The third-order valence-corrected chi connectivity index (χ3v) is 3.51. The summed E-state index contributed by atoms with van der Waals surface area (Å²) in [5, 5.41) is 3.06. The number of nitrogens with one attached hydrogen (secondary N) is 1. The summed E-state index contributed by atoms with van der Waals surface area (Å²) in [4.78, 5) is 19.4. The number of rotatable bonds is 5. The van der Waals surface area contributed by atoms with Gasteiger partial charge < -0.3 is 5.32 Å². The topological polar surface area (TPSA) is 54.9 Å². The lowest BCUT2D eigenvalue weighted by Crippen LogP contribution is -2.10. The van der Waals surface area contributed by atoms with Crippen LogP contribution in [0.25, 0.3) is 0 Å². The predicted molar refractivity (Wildman–Crippen MR) is 71.6 cm³/mol. The van der Waals surface area contributed by atoms with Crippen molar-refractivity contribution in [2.45, 2.75) is 51.4 Å². The lowest BCUT2D eigenvalue weighted by atomic mass is 9.85. The van der Waals surface area contributed by atoms with Crippen molar-refractivity contribution in [1.29, 1.82) is 0 Å². The molecule has 0 bridgehead atoms. The van der Waals surface area contributed by atoms with Gasteiger partial charge >= 0.3 is 0 Å². The summed E-state index contributed by atoms with van der Waals surface area (Å²) in [6, 6.07) is 0. The van der Waals surface area contributed by atoms with E-state index in [2.05, 4.69) is 15.3 Å². The van der Waals surface area contributed by atoms with Gasteiger partial charge in [0.05, 0.1) is 0 Å². The van der Waals surface area contributed by atoms with Crippen molar-refractivity contribution >= 4 is 11.7 Å². The molecule has 0 radical (unpaired) electrons. The Labute approximate surface area is 108 Å². The van der Waals surface area contributed by atoms with Crippen LogP contribution in [0.1, 0.15) is 56.9 Å². The van der Waals surface area contributed by atoms with Gasteiger partial charge in [0.15, 0.2) is 0 Å². The van der Waals surface area contributed by atoms with Crippen LogP contribution in [0.2, 0.25) is 0 Å². The summed E-state index contributed by atoms with van der Waals surface area (Å²) in [5.74, 6) is 1.45. The fourth-order valence-corrected chi connectivity index (χ4v) is 2.43. The lowest BCUT2D eigenvalue weighted by Gasteiger charge is -2.21. The first kappa shape index (κ1) is 13.0. The van der Waals surface area contributed by atoms with E-state index in [1.165, 1.54) is 37.7 Å². The Kier molecular flexibility index (Phi) is 4.67. The van der Waals surface area contributed by atoms with Gasteiger partial charge in [0, 0.05) is 25.4 Å². The van der Waals surface area contributed by atoms with Gasteiger partial charge in [-0.25, -0.2) is 9.97 Å². The molecule has 1 aliphatic carbocycles. The highest BCUT2D eigenvalue weighted by Crippen LogP contribution is 2.31. The molecule has 98 valence electrons. The molecule has 1 aliphatic rings. The van der Waals surface area contributed by atoms with Gasteiger partial charge in [0.1, 0.15) is 5.78 Å². The molecule has 4 heteroatoms. The van der Waals surface area contributed by atoms with Crippen LogP contribution < -0.4 is 5.32 Å². The number of anilines is 1. The van der Waals surface area contributed by atoms with Gasteiger partial charge in [0.2, 0.25) is 5.95 Å². The van der Waals surface area contributed by atoms with Crippen LogP contribution in [0.3, 0.4) is 0 Å². The number of carbonyl (C=O) groups is 1. The maximum atomic E-state index is 10.8. The molecule has 0 aromatic carbocycles. The smallest absolute Gasteiger partial charge is 0.222 e. The van der Waals surface area contributed by atoms with Crippen molar-refractivity contribution in [2.24, 2.45) is 0 Å². The Morgan fingerprint density at radius 1 is 1.28 bits per heavy atom. The van der Waals surface area contributed by atoms with E-state index < -0.39 is 0 Å². The average molecular weight is 247 g/mol. The van der Waals surface area contributed by atoms with Crippen molar-refractivity contribution < 1.29 is 4.79 Å². The molecule has 1 N–H and O–H groups in total. The number of ketones is 1.